The van der Waals surface area contributed by atoms with Crippen molar-refractivity contribution in [1.82, 2.24) is 4.98 Å². The zero-order chi connectivity index (χ0) is 11.4. The van der Waals surface area contributed by atoms with Gasteiger partial charge >= 0.3 is 0 Å². The van der Waals surface area contributed by atoms with Crippen molar-refractivity contribution < 1.29 is 0 Å². The molecule has 0 aromatic carbocycles. The van der Waals surface area contributed by atoms with Crippen molar-refractivity contribution in [3.63, 3.8) is 0 Å². The average Bonchev–Trinajstić information content (AvgIpc) is 2.56. The highest BCUT2D eigenvalue weighted by atomic mass is 15.0. The highest BCUT2D eigenvalue weighted by Gasteiger charge is 2.30. The normalized spacial score (nSPS) is 22.8. The lowest BCUT2D eigenvalue weighted by molar-refractivity contribution is 0.472. The molecule has 1 N–H and O–H groups in total. The lowest BCUT2D eigenvalue weighted by atomic mass is 9.86. The van der Waals surface area contributed by atoms with Gasteiger partial charge in [0.05, 0.1) is 11.9 Å². The Bertz CT molecular complexity index is 307. The van der Waals surface area contributed by atoms with Gasteiger partial charge in [0.15, 0.2) is 0 Å². The van der Waals surface area contributed by atoms with Crippen LogP contribution in [-0.4, -0.2) is 11.0 Å². The summed E-state index contributed by atoms with van der Waals surface area (Å²) in [4.78, 5) is 4.12. The van der Waals surface area contributed by atoms with Crippen LogP contribution < -0.4 is 5.32 Å². The summed E-state index contributed by atoms with van der Waals surface area (Å²) in [7, 11) is 0. The predicted octanol–water partition coefficient (Wildman–Crippen LogP) is 3.66. The highest BCUT2D eigenvalue weighted by Crippen LogP contribution is 2.39. The summed E-state index contributed by atoms with van der Waals surface area (Å²) in [5.74, 6) is 1.32. The first-order valence-electron chi connectivity index (χ1n) is 5.90. The molecule has 0 bridgehead atoms. The molecule has 0 aliphatic carbocycles. The molecule has 2 heteroatoms. The molecule has 0 amide bonds. The van der Waals surface area contributed by atoms with Gasteiger partial charge in [-0.2, -0.15) is 0 Å². The Hall–Kier alpha value is -1.05. The minimum atomic E-state index is 0.541. The number of aromatic nitrogens is 1. The van der Waals surface area contributed by atoms with Crippen molar-refractivity contribution in [1.29, 1.82) is 0 Å². The molecule has 84 valence electrons. The van der Waals surface area contributed by atoms with E-state index in [1.165, 1.54) is 11.3 Å². The smallest absolute Gasteiger partial charge is 0.0565 e. The van der Waals surface area contributed by atoms with E-state index in [4.69, 9.17) is 0 Å². The number of hydrogen-bond donors (Lipinski definition) is 1. The lowest BCUT2D eigenvalue weighted by Gasteiger charge is -2.19. The van der Waals surface area contributed by atoms with Crippen LogP contribution in [0.5, 0.6) is 0 Å². The molecular weight excluding hydrogens is 184 g/mol. The molecule has 1 aromatic rings. The van der Waals surface area contributed by atoms with Crippen LogP contribution in [0.3, 0.4) is 0 Å². The Labute approximate surface area is 93.1 Å². The first-order chi connectivity index (χ1) is 7.20. The molecule has 0 fully saturated rings. The number of nitrogens with zero attached hydrogens (tertiary/aromatic N) is 1. The van der Waals surface area contributed by atoms with E-state index in [0.717, 1.165) is 0 Å². The average molecular weight is 206 g/mol. The zero-order valence-corrected chi connectivity index (χ0v) is 10.4. The summed E-state index contributed by atoms with van der Waals surface area (Å²) >= 11 is 0. The van der Waals surface area contributed by atoms with Gasteiger partial charge in [0.2, 0.25) is 0 Å². The van der Waals surface area contributed by atoms with Gasteiger partial charge in [0.1, 0.15) is 0 Å². The minimum absolute atomic E-state index is 0.541. The van der Waals surface area contributed by atoms with Crippen LogP contribution in [0.4, 0.5) is 5.69 Å². The molecule has 1 aliphatic heterocycles. The van der Waals surface area contributed by atoms with Gasteiger partial charge in [-0.3, -0.25) is 4.98 Å². The van der Waals surface area contributed by atoms with Crippen molar-refractivity contribution in [3.05, 3.63) is 24.0 Å². The standard InChI is InChI=1S/C11H16N2.C2H6/c1-7(2)11-8(3)13-10-6-12-5-4-9(10)11;1-2/h4-8,11,13H,1-3H3;1-2H3. The fraction of sp³-hybridized carbons (Fsp3) is 0.615. The second-order valence-electron chi connectivity index (χ2n) is 4.17. The maximum atomic E-state index is 4.12. The van der Waals surface area contributed by atoms with Crippen molar-refractivity contribution in [2.75, 3.05) is 5.32 Å². The van der Waals surface area contributed by atoms with Gasteiger partial charge in [-0.15, -0.1) is 0 Å². The largest absolute Gasteiger partial charge is 0.380 e. The Morgan fingerprint density at radius 3 is 2.60 bits per heavy atom. The van der Waals surface area contributed by atoms with E-state index in [1.807, 2.05) is 26.2 Å². The van der Waals surface area contributed by atoms with Gasteiger partial charge in [0.25, 0.3) is 0 Å². The summed E-state index contributed by atoms with van der Waals surface area (Å²) in [6.07, 6.45) is 3.81. The topological polar surface area (TPSA) is 24.9 Å². The third-order valence-corrected chi connectivity index (χ3v) is 2.85. The molecule has 15 heavy (non-hydrogen) atoms. The second kappa shape index (κ2) is 5.15. The molecule has 0 saturated heterocycles. The monoisotopic (exact) mass is 206 g/mol. The lowest BCUT2D eigenvalue weighted by Crippen LogP contribution is -2.20. The summed E-state index contributed by atoms with van der Waals surface area (Å²) in [6.45, 7) is 10.8. The van der Waals surface area contributed by atoms with E-state index in [9.17, 15) is 0 Å². The Morgan fingerprint density at radius 1 is 1.33 bits per heavy atom. The van der Waals surface area contributed by atoms with Crippen LogP contribution in [0.25, 0.3) is 0 Å². The third-order valence-electron chi connectivity index (χ3n) is 2.85. The first-order valence-corrected chi connectivity index (χ1v) is 5.90. The Morgan fingerprint density at radius 2 is 2.00 bits per heavy atom. The summed E-state index contributed by atoms with van der Waals surface area (Å²) < 4.78 is 0. The summed E-state index contributed by atoms with van der Waals surface area (Å²) in [5, 5.41) is 3.47. The van der Waals surface area contributed by atoms with Crippen LogP contribution in [-0.2, 0) is 0 Å². The molecule has 1 aromatic heterocycles. The van der Waals surface area contributed by atoms with E-state index >= 15 is 0 Å². The van der Waals surface area contributed by atoms with E-state index in [2.05, 4.69) is 37.1 Å². The van der Waals surface area contributed by atoms with E-state index in [0.29, 0.717) is 17.9 Å². The van der Waals surface area contributed by atoms with Crippen LogP contribution in [0.2, 0.25) is 0 Å². The number of rotatable bonds is 1. The van der Waals surface area contributed by atoms with Gasteiger partial charge in [-0.1, -0.05) is 27.7 Å². The zero-order valence-electron chi connectivity index (χ0n) is 10.4. The second-order valence-corrected chi connectivity index (χ2v) is 4.17. The van der Waals surface area contributed by atoms with Crippen LogP contribution in [0, 0.1) is 5.92 Å². The molecule has 1 aliphatic rings. The molecule has 0 saturated carbocycles. The molecule has 2 atom stereocenters. The van der Waals surface area contributed by atoms with Gasteiger partial charge in [0, 0.05) is 18.2 Å². The molecule has 0 radical (unpaired) electrons. The highest BCUT2D eigenvalue weighted by molar-refractivity contribution is 5.57. The minimum Gasteiger partial charge on any atom is -0.380 e. The maximum absolute atomic E-state index is 4.12. The third kappa shape index (κ3) is 2.31. The quantitative estimate of drug-likeness (QED) is 0.758. The summed E-state index contributed by atoms with van der Waals surface area (Å²) in [6, 6.07) is 2.68. The van der Waals surface area contributed by atoms with E-state index < -0.39 is 0 Å². The molecule has 0 spiro atoms. The fourth-order valence-corrected chi connectivity index (χ4v) is 2.36. The first kappa shape index (κ1) is 12.0. The van der Waals surface area contributed by atoms with Crippen LogP contribution in [0.15, 0.2) is 18.5 Å². The molecule has 2 heterocycles. The number of anilines is 1. The van der Waals surface area contributed by atoms with Gasteiger partial charge < -0.3 is 5.32 Å². The number of pyridine rings is 1. The van der Waals surface area contributed by atoms with E-state index in [-0.39, 0.29) is 0 Å². The fourth-order valence-electron chi connectivity index (χ4n) is 2.36. The number of fused-ring (bicyclic) bond motifs is 1. The van der Waals surface area contributed by atoms with E-state index in [1.54, 1.807) is 0 Å². The van der Waals surface area contributed by atoms with Crippen LogP contribution >= 0.6 is 0 Å². The molecule has 2 unspecified atom stereocenters. The number of hydrogen-bond acceptors (Lipinski definition) is 2. The van der Waals surface area contributed by atoms with Crippen molar-refractivity contribution in [2.24, 2.45) is 5.92 Å². The van der Waals surface area contributed by atoms with Crippen molar-refractivity contribution >= 4 is 5.69 Å². The molecular formula is C13H22N2. The number of nitrogens with one attached hydrogen (secondary N) is 1. The molecule has 2 rings (SSSR count). The van der Waals surface area contributed by atoms with Gasteiger partial charge in [-0.25, -0.2) is 0 Å². The molecule has 2 nitrogen and oxygen atoms in total. The SMILES string of the molecule is CC.CC(C)C1c2ccncc2NC1C. The predicted molar refractivity (Wildman–Crippen MR) is 66.2 cm³/mol. The Balaban J connectivity index is 0.000000531. The van der Waals surface area contributed by atoms with Crippen molar-refractivity contribution in [3.8, 4) is 0 Å². The Kier molecular flexibility index (Phi) is 4.13. The summed E-state index contributed by atoms with van der Waals surface area (Å²) in [5.41, 5.74) is 2.64. The van der Waals surface area contributed by atoms with Gasteiger partial charge in [-0.05, 0) is 24.5 Å². The van der Waals surface area contributed by atoms with Crippen LogP contribution in [0.1, 0.15) is 46.1 Å². The maximum Gasteiger partial charge on any atom is 0.0565 e. The van der Waals surface area contributed by atoms with Crippen molar-refractivity contribution in [2.45, 2.75) is 46.6 Å².